The molecule has 0 aromatic carbocycles. The molecule has 1 atom stereocenters. The lowest BCUT2D eigenvalue weighted by atomic mass is 10.1. The molecule has 1 fully saturated rings. The van der Waals surface area contributed by atoms with Crippen molar-refractivity contribution >= 4 is 5.91 Å². The van der Waals surface area contributed by atoms with Crippen LogP contribution in [0.5, 0.6) is 0 Å². The van der Waals surface area contributed by atoms with E-state index in [0.717, 1.165) is 19.4 Å². The fourth-order valence-corrected chi connectivity index (χ4v) is 2.98. The van der Waals surface area contributed by atoms with Crippen molar-refractivity contribution in [2.24, 2.45) is 7.05 Å². The molecule has 4 heteroatoms. The number of hydrogen-bond donors (Lipinski definition) is 1. The molecule has 1 aromatic heterocycles. The van der Waals surface area contributed by atoms with Gasteiger partial charge in [-0.2, -0.15) is 0 Å². The second kappa shape index (κ2) is 6.65. The fourth-order valence-electron chi connectivity index (χ4n) is 2.98. The van der Waals surface area contributed by atoms with Crippen molar-refractivity contribution in [1.29, 1.82) is 0 Å². The van der Waals surface area contributed by atoms with Crippen LogP contribution >= 0.6 is 0 Å². The summed E-state index contributed by atoms with van der Waals surface area (Å²) in [6, 6.07) is 4.44. The zero-order chi connectivity index (χ0) is 15.5. The molecule has 0 saturated carbocycles. The Morgan fingerprint density at radius 2 is 2.10 bits per heavy atom. The number of aryl methyl sites for hydroxylation is 1. The Labute approximate surface area is 128 Å². The molecule has 0 radical (unpaired) electrons. The first-order valence-corrected chi connectivity index (χ1v) is 8.04. The summed E-state index contributed by atoms with van der Waals surface area (Å²) in [5, 5.41) is 3.32. The van der Waals surface area contributed by atoms with E-state index in [0.29, 0.717) is 6.54 Å². The third-order valence-electron chi connectivity index (χ3n) is 4.17. The van der Waals surface area contributed by atoms with Gasteiger partial charge in [-0.15, -0.1) is 0 Å². The summed E-state index contributed by atoms with van der Waals surface area (Å²) in [7, 11) is 2.07. The topological polar surface area (TPSA) is 37.3 Å². The van der Waals surface area contributed by atoms with Crippen LogP contribution in [0.1, 0.15) is 58.2 Å². The maximum Gasteiger partial charge on any atom is 0.237 e. The lowest BCUT2D eigenvalue weighted by Crippen LogP contribution is -2.46. The van der Waals surface area contributed by atoms with Crippen LogP contribution in [0.25, 0.3) is 0 Å². The highest BCUT2D eigenvalue weighted by atomic mass is 16.2. The summed E-state index contributed by atoms with van der Waals surface area (Å²) in [6.45, 7) is 7.58. The van der Waals surface area contributed by atoms with Gasteiger partial charge in [0.2, 0.25) is 5.91 Å². The number of carbonyl (C=O) groups excluding carboxylic acids is 1. The summed E-state index contributed by atoms with van der Waals surface area (Å²) in [4.78, 5) is 14.8. The van der Waals surface area contributed by atoms with Gasteiger partial charge in [-0.25, -0.2) is 0 Å². The summed E-state index contributed by atoms with van der Waals surface area (Å²) in [6.07, 6.45) is 6.67. The van der Waals surface area contributed by atoms with E-state index in [2.05, 4.69) is 60.9 Å². The molecule has 0 aliphatic carbocycles. The number of aromatic nitrogens is 1. The average molecular weight is 291 g/mol. The number of amides is 1. The molecule has 1 aliphatic heterocycles. The zero-order valence-electron chi connectivity index (χ0n) is 13.9. The Bertz CT molecular complexity index is 473. The van der Waals surface area contributed by atoms with Crippen LogP contribution in [0.15, 0.2) is 18.3 Å². The van der Waals surface area contributed by atoms with E-state index < -0.39 is 0 Å². The van der Waals surface area contributed by atoms with Gasteiger partial charge in [-0.1, -0.05) is 12.8 Å². The number of nitrogens with one attached hydrogen (secondary N) is 1. The fraction of sp³-hybridized carbons (Fsp3) is 0.706. The van der Waals surface area contributed by atoms with E-state index in [1.807, 2.05) is 0 Å². The molecule has 2 rings (SSSR count). The summed E-state index contributed by atoms with van der Waals surface area (Å²) >= 11 is 0. The normalized spacial score (nSPS) is 20.4. The number of carbonyl (C=O) groups is 1. The summed E-state index contributed by atoms with van der Waals surface area (Å²) in [5.74, 6) is 0.220. The van der Waals surface area contributed by atoms with Crippen molar-refractivity contribution in [3.8, 4) is 0 Å². The van der Waals surface area contributed by atoms with Gasteiger partial charge < -0.3 is 14.8 Å². The molecular formula is C17H29N3O. The zero-order valence-corrected chi connectivity index (χ0v) is 13.9. The molecule has 0 bridgehead atoms. The van der Waals surface area contributed by atoms with Crippen molar-refractivity contribution in [3.05, 3.63) is 24.0 Å². The molecule has 1 aliphatic rings. The van der Waals surface area contributed by atoms with Gasteiger partial charge in [0.05, 0.1) is 12.6 Å². The molecule has 1 aromatic rings. The molecule has 0 spiro atoms. The molecular weight excluding hydrogens is 262 g/mol. The molecule has 2 heterocycles. The van der Waals surface area contributed by atoms with Gasteiger partial charge in [0.15, 0.2) is 0 Å². The van der Waals surface area contributed by atoms with Crippen molar-refractivity contribution in [2.45, 2.75) is 58.0 Å². The Balaban J connectivity index is 2.12. The Kier molecular flexibility index (Phi) is 5.09. The van der Waals surface area contributed by atoms with Gasteiger partial charge >= 0.3 is 0 Å². The van der Waals surface area contributed by atoms with Crippen LogP contribution in [0.4, 0.5) is 0 Å². The molecule has 1 saturated heterocycles. The van der Waals surface area contributed by atoms with Crippen molar-refractivity contribution < 1.29 is 4.79 Å². The minimum atomic E-state index is -0.0258. The predicted molar refractivity (Wildman–Crippen MR) is 86.1 cm³/mol. The second-order valence-corrected chi connectivity index (χ2v) is 7.10. The molecule has 1 amide bonds. The number of nitrogens with zero attached hydrogens (tertiary/aromatic N) is 2. The van der Waals surface area contributed by atoms with Gasteiger partial charge in [-0.05, 0) is 45.7 Å². The molecule has 21 heavy (non-hydrogen) atoms. The van der Waals surface area contributed by atoms with Crippen molar-refractivity contribution in [2.75, 3.05) is 13.1 Å². The Morgan fingerprint density at radius 1 is 1.33 bits per heavy atom. The van der Waals surface area contributed by atoms with Crippen LogP contribution in [0.3, 0.4) is 0 Å². The van der Waals surface area contributed by atoms with E-state index in [4.69, 9.17) is 0 Å². The SMILES string of the molecule is Cn1cccc1C1CCCCCN1C(=O)CNC(C)(C)C. The summed E-state index contributed by atoms with van der Waals surface area (Å²) in [5.41, 5.74) is 1.23. The number of hydrogen-bond acceptors (Lipinski definition) is 2. The number of rotatable bonds is 3. The van der Waals surface area contributed by atoms with Crippen LogP contribution in [0, 0.1) is 0 Å². The predicted octanol–water partition coefficient (Wildman–Crippen LogP) is 2.86. The quantitative estimate of drug-likeness (QED) is 0.930. The van der Waals surface area contributed by atoms with E-state index >= 15 is 0 Å². The standard InChI is InChI=1S/C17H29N3O/c1-17(2,3)18-13-16(21)20-12-7-5-6-9-15(20)14-10-8-11-19(14)4/h8,10-11,15,18H,5-7,9,12-13H2,1-4H3. The third kappa shape index (κ3) is 4.34. The van der Waals surface area contributed by atoms with Crippen LogP contribution in [0.2, 0.25) is 0 Å². The van der Waals surface area contributed by atoms with Gasteiger partial charge in [0.1, 0.15) is 0 Å². The largest absolute Gasteiger partial charge is 0.353 e. The van der Waals surface area contributed by atoms with Crippen molar-refractivity contribution in [1.82, 2.24) is 14.8 Å². The molecule has 118 valence electrons. The average Bonchev–Trinajstić information content (AvgIpc) is 2.69. The Morgan fingerprint density at radius 3 is 2.71 bits per heavy atom. The first-order chi connectivity index (χ1) is 9.88. The monoisotopic (exact) mass is 291 g/mol. The highest BCUT2D eigenvalue weighted by Crippen LogP contribution is 2.30. The molecule has 1 N–H and O–H groups in total. The van der Waals surface area contributed by atoms with Crippen molar-refractivity contribution in [3.63, 3.8) is 0 Å². The highest BCUT2D eigenvalue weighted by molar-refractivity contribution is 5.78. The summed E-state index contributed by atoms with van der Waals surface area (Å²) < 4.78 is 2.15. The van der Waals surface area contributed by atoms with Gasteiger partial charge in [0.25, 0.3) is 0 Å². The van der Waals surface area contributed by atoms with Crippen LogP contribution < -0.4 is 5.32 Å². The van der Waals surface area contributed by atoms with E-state index in [-0.39, 0.29) is 17.5 Å². The maximum atomic E-state index is 12.7. The smallest absolute Gasteiger partial charge is 0.237 e. The van der Waals surface area contributed by atoms with E-state index in [1.54, 1.807) is 0 Å². The van der Waals surface area contributed by atoms with E-state index in [1.165, 1.54) is 18.5 Å². The number of likely N-dealkylation sites (tertiary alicyclic amines) is 1. The minimum Gasteiger partial charge on any atom is -0.353 e. The minimum absolute atomic E-state index is 0.0258. The Hall–Kier alpha value is -1.29. The van der Waals surface area contributed by atoms with Gasteiger partial charge in [0, 0.05) is 31.0 Å². The third-order valence-corrected chi connectivity index (χ3v) is 4.17. The lowest BCUT2D eigenvalue weighted by molar-refractivity contribution is -0.133. The highest BCUT2D eigenvalue weighted by Gasteiger charge is 2.28. The first-order valence-electron chi connectivity index (χ1n) is 8.04. The van der Waals surface area contributed by atoms with E-state index in [9.17, 15) is 4.79 Å². The van der Waals surface area contributed by atoms with Crippen LogP contribution in [-0.2, 0) is 11.8 Å². The van der Waals surface area contributed by atoms with Crippen LogP contribution in [-0.4, -0.2) is 34.0 Å². The first kappa shape index (κ1) is 16.1. The molecule has 4 nitrogen and oxygen atoms in total. The maximum absolute atomic E-state index is 12.7. The second-order valence-electron chi connectivity index (χ2n) is 7.10. The lowest BCUT2D eigenvalue weighted by Gasteiger charge is -2.32. The molecule has 1 unspecified atom stereocenters. The van der Waals surface area contributed by atoms with Gasteiger partial charge in [-0.3, -0.25) is 4.79 Å².